The Bertz CT molecular complexity index is 615. The highest BCUT2D eigenvalue weighted by Crippen LogP contribution is 2.37. The Morgan fingerprint density at radius 2 is 1.95 bits per heavy atom. The Balaban J connectivity index is 2.21. The summed E-state index contributed by atoms with van der Waals surface area (Å²) in [5.41, 5.74) is 0.623. The van der Waals surface area contributed by atoms with Crippen molar-refractivity contribution in [1.82, 2.24) is 0 Å². The summed E-state index contributed by atoms with van der Waals surface area (Å²) in [6.45, 7) is 0. The van der Waals surface area contributed by atoms with Crippen molar-refractivity contribution in [2.24, 2.45) is 0 Å². The van der Waals surface area contributed by atoms with Gasteiger partial charge in [-0.15, -0.1) is 23.5 Å². The van der Waals surface area contributed by atoms with Crippen molar-refractivity contribution in [2.45, 2.75) is 6.42 Å². The normalized spacial score (nSPS) is 15.2. The number of allylic oxidation sites excluding steroid dienone is 1. The molecular weight excluding hydrogens is 328 g/mol. The van der Waals surface area contributed by atoms with Gasteiger partial charge in [0, 0.05) is 5.02 Å². The summed E-state index contributed by atoms with van der Waals surface area (Å²) in [6.07, 6.45) is 3.89. The van der Waals surface area contributed by atoms with Gasteiger partial charge in [-0.05, 0) is 41.7 Å². The second-order valence-electron chi connectivity index (χ2n) is 4.27. The van der Waals surface area contributed by atoms with E-state index in [1.807, 2.05) is 0 Å². The zero-order chi connectivity index (χ0) is 15.2. The van der Waals surface area contributed by atoms with Gasteiger partial charge in [0.05, 0.1) is 4.24 Å². The molecule has 0 saturated carbocycles. The molecule has 0 atom stereocenters. The lowest BCUT2D eigenvalue weighted by Crippen LogP contribution is -2.13. The van der Waals surface area contributed by atoms with Crippen molar-refractivity contribution in [3.63, 3.8) is 0 Å². The average molecular weight is 341 g/mol. The van der Waals surface area contributed by atoms with E-state index < -0.39 is 11.8 Å². The molecule has 110 valence electrons. The zero-order valence-corrected chi connectivity index (χ0v) is 13.4. The van der Waals surface area contributed by atoms with Gasteiger partial charge in [0.2, 0.25) is 0 Å². The molecule has 0 aromatic heterocycles. The molecule has 0 bridgehead atoms. The van der Waals surface area contributed by atoms with Crippen molar-refractivity contribution in [3.05, 3.63) is 50.7 Å². The van der Waals surface area contributed by atoms with Gasteiger partial charge in [-0.1, -0.05) is 29.8 Å². The predicted octanol–water partition coefficient (Wildman–Crippen LogP) is 4.09. The molecule has 0 unspecified atom stereocenters. The Labute approximate surface area is 136 Å². The maximum atomic E-state index is 12.2. The first kappa shape index (κ1) is 16.2. The highest BCUT2D eigenvalue weighted by molar-refractivity contribution is 8.22. The monoisotopic (exact) mass is 340 g/mol. The number of benzene rings is 1. The van der Waals surface area contributed by atoms with Gasteiger partial charge in [0.25, 0.3) is 0 Å². The molecule has 0 radical (unpaired) electrons. The first-order chi connectivity index (χ1) is 10.1. The predicted molar refractivity (Wildman–Crippen MR) is 89.7 cm³/mol. The number of ketones is 1. The molecule has 1 saturated heterocycles. The molecule has 0 amide bonds. The standard InChI is InChI=1S/C15H13ClO3S2/c16-11-4-1-3-10(9-11)5-6-12(17)13(14(18)19)15-20-7-2-8-21-15/h1,3-6,9H,2,7-8H2,(H,18,19)/b6-5+. The Kier molecular flexibility index (Phi) is 5.96. The van der Waals surface area contributed by atoms with Crippen molar-refractivity contribution >= 4 is 53.0 Å². The molecule has 1 fully saturated rings. The molecule has 2 rings (SSSR count). The Morgan fingerprint density at radius 3 is 2.57 bits per heavy atom. The van der Waals surface area contributed by atoms with Gasteiger partial charge in [-0.2, -0.15) is 0 Å². The van der Waals surface area contributed by atoms with Crippen LogP contribution in [0.25, 0.3) is 6.08 Å². The van der Waals surface area contributed by atoms with E-state index in [0.29, 0.717) is 9.26 Å². The Hall–Kier alpha value is -1.17. The highest BCUT2D eigenvalue weighted by atomic mass is 35.5. The minimum absolute atomic E-state index is 0.136. The van der Waals surface area contributed by atoms with Gasteiger partial charge in [0.15, 0.2) is 5.78 Å². The molecule has 1 N–H and O–H groups in total. The fourth-order valence-electron chi connectivity index (χ4n) is 1.73. The van der Waals surface area contributed by atoms with Crippen LogP contribution in [-0.4, -0.2) is 28.4 Å². The van der Waals surface area contributed by atoms with Crippen LogP contribution in [0.5, 0.6) is 0 Å². The molecule has 1 aromatic rings. The lowest BCUT2D eigenvalue weighted by molar-refractivity contribution is -0.134. The van der Waals surface area contributed by atoms with Gasteiger partial charge in [-0.25, -0.2) is 4.79 Å². The van der Waals surface area contributed by atoms with Crippen LogP contribution in [0.1, 0.15) is 12.0 Å². The molecule has 0 aliphatic carbocycles. The van der Waals surface area contributed by atoms with E-state index in [4.69, 9.17) is 11.6 Å². The van der Waals surface area contributed by atoms with Crippen LogP contribution < -0.4 is 0 Å². The number of thioether (sulfide) groups is 2. The molecule has 1 heterocycles. The molecule has 6 heteroatoms. The number of carbonyl (C=O) groups is 2. The zero-order valence-electron chi connectivity index (χ0n) is 11.0. The topological polar surface area (TPSA) is 54.4 Å². The highest BCUT2D eigenvalue weighted by Gasteiger charge is 2.23. The van der Waals surface area contributed by atoms with Crippen molar-refractivity contribution < 1.29 is 14.7 Å². The number of halogens is 1. The number of hydrogen-bond acceptors (Lipinski definition) is 4. The summed E-state index contributed by atoms with van der Waals surface area (Å²) in [4.78, 5) is 23.5. The number of carboxylic acids is 1. The average Bonchev–Trinajstić information content (AvgIpc) is 2.46. The first-order valence-electron chi connectivity index (χ1n) is 6.29. The molecule has 1 aliphatic heterocycles. The van der Waals surface area contributed by atoms with E-state index in [1.165, 1.54) is 29.6 Å². The summed E-state index contributed by atoms with van der Waals surface area (Å²) >= 11 is 8.74. The third kappa shape index (κ3) is 4.66. The van der Waals surface area contributed by atoms with E-state index in [2.05, 4.69) is 0 Å². The van der Waals surface area contributed by atoms with Crippen LogP contribution in [0.15, 0.2) is 40.2 Å². The van der Waals surface area contributed by atoms with Gasteiger partial charge in [0.1, 0.15) is 5.57 Å². The van der Waals surface area contributed by atoms with E-state index >= 15 is 0 Å². The summed E-state index contributed by atoms with van der Waals surface area (Å²) in [5.74, 6) is 0.0430. The number of carboxylic acid groups (broad SMARTS) is 1. The quantitative estimate of drug-likeness (QED) is 0.508. The van der Waals surface area contributed by atoms with Crippen LogP contribution in [0.3, 0.4) is 0 Å². The number of aliphatic carboxylic acids is 1. The lowest BCUT2D eigenvalue weighted by Gasteiger charge is -2.14. The smallest absolute Gasteiger partial charge is 0.341 e. The van der Waals surface area contributed by atoms with Gasteiger partial charge >= 0.3 is 5.97 Å². The number of carbonyl (C=O) groups excluding carboxylic acids is 1. The van der Waals surface area contributed by atoms with Crippen LogP contribution in [0, 0.1) is 0 Å². The minimum atomic E-state index is -1.17. The second kappa shape index (κ2) is 7.73. The van der Waals surface area contributed by atoms with E-state index in [0.717, 1.165) is 23.5 Å². The Morgan fingerprint density at radius 1 is 1.24 bits per heavy atom. The summed E-state index contributed by atoms with van der Waals surface area (Å²) in [7, 11) is 0. The van der Waals surface area contributed by atoms with Crippen molar-refractivity contribution in [2.75, 3.05) is 11.5 Å². The van der Waals surface area contributed by atoms with Gasteiger partial charge < -0.3 is 5.11 Å². The van der Waals surface area contributed by atoms with Crippen LogP contribution in [-0.2, 0) is 9.59 Å². The SMILES string of the molecule is O=C(O)C(C(=O)/C=C/c1cccc(Cl)c1)=C1SCCCS1. The molecule has 0 spiro atoms. The van der Waals surface area contributed by atoms with Crippen LogP contribution in [0.2, 0.25) is 5.02 Å². The third-order valence-corrected chi connectivity index (χ3v) is 5.56. The summed E-state index contributed by atoms with van der Waals surface area (Å²) < 4.78 is 0.606. The number of hydrogen-bond donors (Lipinski definition) is 1. The minimum Gasteiger partial charge on any atom is -0.477 e. The lowest BCUT2D eigenvalue weighted by atomic mass is 10.1. The second-order valence-corrected chi connectivity index (χ2v) is 7.18. The first-order valence-corrected chi connectivity index (χ1v) is 8.64. The molecule has 3 nitrogen and oxygen atoms in total. The summed E-state index contributed by atoms with van der Waals surface area (Å²) in [6, 6.07) is 7.02. The van der Waals surface area contributed by atoms with E-state index in [9.17, 15) is 14.7 Å². The van der Waals surface area contributed by atoms with E-state index in [1.54, 1.807) is 30.3 Å². The van der Waals surface area contributed by atoms with Crippen LogP contribution in [0.4, 0.5) is 0 Å². The fourth-order valence-corrected chi connectivity index (χ4v) is 4.56. The molecule has 1 aromatic carbocycles. The fraction of sp³-hybridized carbons (Fsp3) is 0.200. The van der Waals surface area contributed by atoms with Crippen molar-refractivity contribution in [3.8, 4) is 0 Å². The van der Waals surface area contributed by atoms with Gasteiger partial charge in [-0.3, -0.25) is 4.79 Å². The maximum absolute atomic E-state index is 12.2. The van der Waals surface area contributed by atoms with Crippen molar-refractivity contribution in [1.29, 1.82) is 0 Å². The summed E-state index contributed by atoms with van der Waals surface area (Å²) in [5, 5.41) is 9.85. The molecular formula is C15H13ClO3S2. The maximum Gasteiger partial charge on any atom is 0.341 e. The molecule has 1 aliphatic rings. The molecule has 21 heavy (non-hydrogen) atoms. The largest absolute Gasteiger partial charge is 0.477 e. The van der Waals surface area contributed by atoms with E-state index in [-0.39, 0.29) is 5.57 Å². The third-order valence-electron chi connectivity index (χ3n) is 2.70. The number of rotatable bonds is 4. The van der Waals surface area contributed by atoms with Crippen LogP contribution >= 0.6 is 35.1 Å².